The largest absolute Gasteiger partial charge is 0.254 e. The summed E-state index contributed by atoms with van der Waals surface area (Å²) < 4.78 is 0. The maximum absolute atomic E-state index is 4.44. The molecule has 0 aliphatic rings. The standard InChI is InChI=1S/C15H12N2S/c1-11-5-7-12(8-6-11)14-10-17-15(18-14)13-4-2-3-9-16-13/h2-10H,1H3. The van der Waals surface area contributed by atoms with E-state index in [-0.39, 0.29) is 0 Å². The predicted octanol–water partition coefficient (Wildman–Crippen LogP) is 4.18. The van der Waals surface area contributed by atoms with Gasteiger partial charge < -0.3 is 0 Å². The number of nitrogens with zero attached hydrogens (tertiary/aromatic N) is 2. The third-order valence-corrected chi connectivity index (χ3v) is 3.79. The lowest BCUT2D eigenvalue weighted by molar-refractivity contribution is 1.29. The Balaban J connectivity index is 1.97. The van der Waals surface area contributed by atoms with E-state index in [1.54, 1.807) is 17.5 Å². The smallest absolute Gasteiger partial charge is 0.142 e. The van der Waals surface area contributed by atoms with Crippen LogP contribution in [0, 0.1) is 6.92 Å². The highest BCUT2D eigenvalue weighted by Crippen LogP contribution is 2.30. The van der Waals surface area contributed by atoms with Gasteiger partial charge in [0.15, 0.2) is 0 Å². The van der Waals surface area contributed by atoms with Gasteiger partial charge >= 0.3 is 0 Å². The van der Waals surface area contributed by atoms with Gasteiger partial charge in [0.25, 0.3) is 0 Å². The van der Waals surface area contributed by atoms with Crippen molar-refractivity contribution in [2.45, 2.75) is 6.92 Å². The van der Waals surface area contributed by atoms with Crippen LogP contribution in [0.5, 0.6) is 0 Å². The lowest BCUT2D eigenvalue weighted by Gasteiger charge is -1.97. The highest BCUT2D eigenvalue weighted by atomic mass is 32.1. The van der Waals surface area contributed by atoms with Crippen molar-refractivity contribution in [2.75, 3.05) is 0 Å². The molecular weight excluding hydrogens is 240 g/mol. The van der Waals surface area contributed by atoms with Crippen LogP contribution in [-0.2, 0) is 0 Å². The average Bonchev–Trinajstić information content (AvgIpc) is 2.90. The van der Waals surface area contributed by atoms with E-state index in [0.29, 0.717) is 0 Å². The molecule has 0 saturated carbocycles. The Bertz CT molecular complexity index is 642. The van der Waals surface area contributed by atoms with E-state index in [9.17, 15) is 0 Å². The molecule has 2 nitrogen and oxygen atoms in total. The second-order valence-corrected chi connectivity index (χ2v) is 5.14. The molecule has 0 fully saturated rings. The minimum atomic E-state index is 0.931. The molecule has 0 saturated heterocycles. The fourth-order valence-corrected chi connectivity index (χ4v) is 2.63. The molecule has 0 bridgehead atoms. The first-order valence-electron chi connectivity index (χ1n) is 5.77. The summed E-state index contributed by atoms with van der Waals surface area (Å²) in [7, 11) is 0. The number of benzene rings is 1. The molecule has 88 valence electrons. The highest BCUT2D eigenvalue weighted by molar-refractivity contribution is 7.18. The average molecular weight is 252 g/mol. The van der Waals surface area contributed by atoms with Crippen molar-refractivity contribution in [3.05, 3.63) is 60.4 Å². The highest BCUT2D eigenvalue weighted by Gasteiger charge is 2.06. The van der Waals surface area contributed by atoms with E-state index in [0.717, 1.165) is 10.7 Å². The molecular formula is C15H12N2S. The second kappa shape index (κ2) is 4.70. The van der Waals surface area contributed by atoms with Crippen molar-refractivity contribution in [1.29, 1.82) is 0 Å². The van der Waals surface area contributed by atoms with E-state index < -0.39 is 0 Å². The summed E-state index contributed by atoms with van der Waals surface area (Å²) in [6, 6.07) is 14.4. The topological polar surface area (TPSA) is 25.8 Å². The first kappa shape index (κ1) is 11.1. The molecule has 0 spiro atoms. The van der Waals surface area contributed by atoms with Gasteiger partial charge in [0, 0.05) is 12.4 Å². The van der Waals surface area contributed by atoms with E-state index >= 15 is 0 Å². The van der Waals surface area contributed by atoms with Gasteiger partial charge in [0.05, 0.1) is 10.6 Å². The van der Waals surface area contributed by atoms with Crippen LogP contribution >= 0.6 is 11.3 Å². The van der Waals surface area contributed by atoms with Gasteiger partial charge in [0.2, 0.25) is 0 Å². The Kier molecular flexibility index (Phi) is 2.90. The molecule has 18 heavy (non-hydrogen) atoms. The number of hydrogen-bond acceptors (Lipinski definition) is 3. The molecule has 0 aliphatic heterocycles. The van der Waals surface area contributed by atoms with Crippen molar-refractivity contribution < 1.29 is 0 Å². The lowest BCUT2D eigenvalue weighted by Crippen LogP contribution is -1.78. The maximum atomic E-state index is 4.44. The van der Waals surface area contributed by atoms with Crippen LogP contribution in [0.25, 0.3) is 21.1 Å². The van der Waals surface area contributed by atoms with Gasteiger partial charge in [-0.3, -0.25) is 4.98 Å². The zero-order valence-electron chi connectivity index (χ0n) is 10.00. The molecule has 2 aromatic heterocycles. The number of aromatic nitrogens is 2. The fourth-order valence-electron chi connectivity index (χ4n) is 1.73. The molecule has 0 amide bonds. The van der Waals surface area contributed by atoms with Gasteiger partial charge in [0.1, 0.15) is 5.01 Å². The van der Waals surface area contributed by atoms with Gasteiger partial charge in [-0.1, -0.05) is 35.9 Å². The van der Waals surface area contributed by atoms with Crippen molar-refractivity contribution >= 4 is 11.3 Å². The quantitative estimate of drug-likeness (QED) is 0.683. The Labute approximate surface area is 110 Å². The van der Waals surface area contributed by atoms with Gasteiger partial charge in [-0.15, -0.1) is 11.3 Å². The summed E-state index contributed by atoms with van der Waals surface area (Å²) in [6.07, 6.45) is 3.71. The zero-order valence-corrected chi connectivity index (χ0v) is 10.8. The van der Waals surface area contributed by atoms with Crippen LogP contribution in [0.3, 0.4) is 0 Å². The first-order valence-corrected chi connectivity index (χ1v) is 6.59. The molecule has 3 rings (SSSR count). The molecule has 0 radical (unpaired) electrons. The molecule has 2 heterocycles. The Morgan fingerprint density at radius 3 is 2.50 bits per heavy atom. The van der Waals surface area contributed by atoms with Crippen LogP contribution in [0.15, 0.2) is 54.9 Å². The summed E-state index contributed by atoms with van der Waals surface area (Å²) in [5.41, 5.74) is 3.41. The SMILES string of the molecule is Cc1ccc(-c2cnc(-c3ccccn3)s2)cc1. The molecule has 0 N–H and O–H groups in total. The van der Waals surface area contributed by atoms with Crippen LogP contribution in [-0.4, -0.2) is 9.97 Å². The normalized spacial score (nSPS) is 10.5. The molecule has 3 heteroatoms. The third kappa shape index (κ3) is 2.17. The van der Waals surface area contributed by atoms with Crippen molar-refractivity contribution in [2.24, 2.45) is 0 Å². The summed E-state index contributed by atoms with van der Waals surface area (Å²) in [5.74, 6) is 0. The monoisotopic (exact) mass is 252 g/mol. The Hall–Kier alpha value is -2.00. The molecule has 0 unspecified atom stereocenters. The van der Waals surface area contributed by atoms with Crippen molar-refractivity contribution in [3.63, 3.8) is 0 Å². The lowest BCUT2D eigenvalue weighted by atomic mass is 10.1. The summed E-state index contributed by atoms with van der Waals surface area (Å²) in [6.45, 7) is 2.09. The zero-order chi connectivity index (χ0) is 12.4. The number of aryl methyl sites for hydroxylation is 1. The maximum Gasteiger partial charge on any atom is 0.142 e. The van der Waals surface area contributed by atoms with Crippen molar-refractivity contribution in [1.82, 2.24) is 9.97 Å². The molecule has 0 aliphatic carbocycles. The second-order valence-electron chi connectivity index (χ2n) is 4.11. The first-order chi connectivity index (χ1) is 8.83. The van der Waals surface area contributed by atoms with Crippen LogP contribution in [0.2, 0.25) is 0 Å². The van der Waals surface area contributed by atoms with Crippen LogP contribution in [0.4, 0.5) is 0 Å². The van der Waals surface area contributed by atoms with E-state index in [1.165, 1.54) is 16.0 Å². The molecule has 0 atom stereocenters. The third-order valence-electron chi connectivity index (χ3n) is 2.73. The van der Waals surface area contributed by atoms with Crippen LogP contribution < -0.4 is 0 Å². The Morgan fingerprint density at radius 1 is 0.944 bits per heavy atom. The molecule has 1 aromatic carbocycles. The number of rotatable bonds is 2. The van der Waals surface area contributed by atoms with Gasteiger partial charge in [-0.05, 0) is 24.6 Å². The van der Waals surface area contributed by atoms with Crippen molar-refractivity contribution in [3.8, 4) is 21.1 Å². The predicted molar refractivity (Wildman–Crippen MR) is 75.5 cm³/mol. The molecule has 3 aromatic rings. The number of thiazole rings is 1. The van der Waals surface area contributed by atoms with Gasteiger partial charge in [-0.25, -0.2) is 4.98 Å². The van der Waals surface area contributed by atoms with E-state index in [2.05, 4.69) is 41.2 Å². The summed E-state index contributed by atoms with van der Waals surface area (Å²) in [4.78, 5) is 9.94. The summed E-state index contributed by atoms with van der Waals surface area (Å²) >= 11 is 1.67. The van der Waals surface area contributed by atoms with Gasteiger partial charge in [-0.2, -0.15) is 0 Å². The summed E-state index contributed by atoms with van der Waals surface area (Å²) in [5, 5.41) is 0.964. The Morgan fingerprint density at radius 2 is 1.78 bits per heavy atom. The number of pyridine rings is 1. The van der Waals surface area contributed by atoms with E-state index in [4.69, 9.17) is 0 Å². The van der Waals surface area contributed by atoms with Crippen LogP contribution in [0.1, 0.15) is 5.56 Å². The minimum Gasteiger partial charge on any atom is -0.254 e. The fraction of sp³-hybridized carbons (Fsp3) is 0.0667. The number of hydrogen-bond donors (Lipinski definition) is 0. The minimum absolute atomic E-state index is 0.931. The van der Waals surface area contributed by atoms with E-state index in [1.807, 2.05) is 24.4 Å².